The van der Waals surface area contributed by atoms with Crippen molar-refractivity contribution in [3.8, 4) is 28.7 Å². The average Bonchev–Trinajstić information content (AvgIpc) is 1.08. The molecule has 0 aromatic heterocycles. The summed E-state index contributed by atoms with van der Waals surface area (Å²) in [5.41, 5.74) is 2.44. The molecule has 10 fully saturated rings. The number of carbonyl (C=O) groups excluding carboxylic acids is 2. The van der Waals surface area contributed by atoms with E-state index in [1.165, 1.54) is 37.5 Å². The van der Waals surface area contributed by atoms with Gasteiger partial charge in [-0.25, -0.2) is 18.4 Å². The molecule has 110 heavy (non-hydrogen) atoms. The van der Waals surface area contributed by atoms with E-state index in [4.69, 9.17) is 43.0 Å². The van der Waals surface area contributed by atoms with E-state index in [-0.39, 0.29) is 70.4 Å². The van der Waals surface area contributed by atoms with Crippen LogP contribution in [-0.2, 0) is 38.0 Å². The Morgan fingerprint density at radius 2 is 0.673 bits per heavy atom. The highest BCUT2D eigenvalue weighted by molar-refractivity contribution is 14.1. The smallest absolute Gasteiger partial charge is 0.377 e. The highest BCUT2D eigenvalue weighted by Crippen LogP contribution is 2.66. The standard InChI is InChI=1S/C26H20I3O2.2C17H20F6O4.C14H12F2I.C6H5IO/c1-17-3-9-23(30-21-11-5-19(27)6-12-21)15-25(17)29-26-16-24(10-4-18(26)2)31-22-13-7-20(28)8-14-22;2*1-13(18,19)12(24)27-14-4-9-2-10(5-14)17(11(3-9)6-14)25-7-15(20,21)16(22,23)8-26-17;1-9-3-5-11(15)7-13(9)17-14-8-12(16)6-4-10(14)2;7-5-1-3-6(8)4-2-5/h3-16H,1-2H3;2*9-11H,2-8H2,1H3;3-8H,1-2H3;1-4,8H/q+1;;;+1;. The second-order valence-electron chi connectivity index (χ2n) is 29.4. The van der Waals surface area contributed by atoms with E-state index in [2.05, 4.69) is 130 Å². The predicted octanol–water partition coefficient (Wildman–Crippen LogP) is 15.5. The Morgan fingerprint density at radius 1 is 0.409 bits per heavy atom. The molecule has 4 atom stereocenters. The second kappa shape index (κ2) is 33.9. The number of alkyl halides is 12. The Labute approximate surface area is 689 Å². The summed E-state index contributed by atoms with van der Waals surface area (Å²) < 4.78 is 241. The average molecular weight is 2110 g/mol. The first kappa shape index (κ1) is 86.3. The highest BCUT2D eigenvalue weighted by atomic mass is 127. The zero-order valence-corrected chi connectivity index (χ0v) is 70.7. The van der Waals surface area contributed by atoms with Gasteiger partial charge in [-0.1, -0.05) is 24.3 Å². The lowest BCUT2D eigenvalue weighted by molar-refractivity contribution is -0.599. The topological polar surface area (TPSA) is 128 Å². The van der Waals surface area contributed by atoms with Gasteiger partial charge in [-0.15, -0.1) is 0 Å². The third kappa shape index (κ3) is 20.2. The van der Waals surface area contributed by atoms with Crippen LogP contribution >= 0.6 is 67.8 Å². The van der Waals surface area contributed by atoms with Crippen molar-refractivity contribution in [2.45, 2.75) is 164 Å². The van der Waals surface area contributed by atoms with Crippen LogP contribution in [0.4, 0.5) is 61.5 Å². The van der Waals surface area contributed by atoms with Crippen molar-refractivity contribution in [2.75, 3.05) is 26.4 Å². The zero-order valence-electron chi connectivity index (χ0n) is 59.9. The first-order chi connectivity index (χ1) is 51.4. The molecule has 7 aromatic rings. The summed E-state index contributed by atoms with van der Waals surface area (Å²) in [6.45, 7) is 3.25. The van der Waals surface area contributed by atoms with E-state index in [1.54, 1.807) is 36.4 Å². The van der Waals surface area contributed by atoms with Crippen molar-refractivity contribution in [3.63, 3.8) is 0 Å². The minimum absolute atomic E-state index is 0.0166. The molecule has 30 heteroatoms. The fraction of sp³-hybridized carbons (Fsp3) is 0.450. The maximum atomic E-state index is 13.7. The van der Waals surface area contributed by atoms with Gasteiger partial charge in [-0.3, -0.25) is 0 Å². The first-order valence-corrected chi connectivity index (χ1v) is 42.6. The summed E-state index contributed by atoms with van der Waals surface area (Å²) in [4.78, 5) is 23.4. The predicted molar refractivity (Wildman–Crippen MR) is 394 cm³/mol. The van der Waals surface area contributed by atoms with Gasteiger partial charge in [0.2, 0.25) is 7.14 Å². The largest absolute Gasteiger partial charge is 0.508 e. The summed E-state index contributed by atoms with van der Waals surface area (Å²) in [5, 5.41) is 8.75. The molecule has 0 radical (unpaired) electrons. The van der Waals surface area contributed by atoms with Gasteiger partial charge in [0.25, 0.3) is 0 Å². The number of esters is 2. The summed E-state index contributed by atoms with van der Waals surface area (Å²) >= 11 is 5.89. The van der Waals surface area contributed by atoms with Crippen LogP contribution in [0.1, 0.15) is 100 Å². The maximum absolute atomic E-state index is 13.7. The van der Waals surface area contributed by atoms with Gasteiger partial charge in [-0.2, -0.15) is 52.7 Å². The Bertz CT molecular complexity index is 4090. The van der Waals surface area contributed by atoms with Crippen LogP contribution in [0.25, 0.3) is 0 Å². The molecule has 2 aliphatic heterocycles. The molecule has 2 heterocycles. The van der Waals surface area contributed by atoms with Crippen LogP contribution in [0.15, 0.2) is 146 Å². The van der Waals surface area contributed by atoms with Crippen molar-refractivity contribution < 1.29 is 156 Å². The molecule has 594 valence electrons. The van der Waals surface area contributed by atoms with Crippen molar-refractivity contribution in [1.29, 1.82) is 0 Å². The molecule has 7 aromatic carbocycles. The van der Waals surface area contributed by atoms with Crippen molar-refractivity contribution in [1.82, 2.24) is 0 Å². The van der Waals surface area contributed by atoms with Crippen LogP contribution in [0, 0.1) is 99.8 Å². The lowest BCUT2D eigenvalue weighted by Gasteiger charge is -2.63. The van der Waals surface area contributed by atoms with E-state index in [0.29, 0.717) is 58.1 Å². The van der Waals surface area contributed by atoms with Gasteiger partial charge < -0.3 is 43.0 Å². The van der Waals surface area contributed by atoms with E-state index in [9.17, 15) is 71.1 Å². The summed E-state index contributed by atoms with van der Waals surface area (Å²) in [6, 6.07) is 45.7. The lowest BCUT2D eigenvalue weighted by Crippen LogP contribution is -3.62. The second-order valence-corrected chi connectivity index (χ2v) is 38.9. The van der Waals surface area contributed by atoms with Crippen molar-refractivity contribution >= 4 is 79.7 Å². The molecule has 0 amide bonds. The van der Waals surface area contributed by atoms with Crippen LogP contribution in [0.3, 0.4) is 0 Å². The van der Waals surface area contributed by atoms with Gasteiger partial charge in [-0.05, 0) is 269 Å². The minimum Gasteiger partial charge on any atom is -0.508 e. The number of phenolic OH excluding ortho intramolecular Hbond substituents is 1. The molecule has 8 saturated carbocycles. The molecule has 4 unspecified atom stereocenters. The van der Waals surface area contributed by atoms with Gasteiger partial charge in [0.1, 0.15) is 78.0 Å². The van der Waals surface area contributed by atoms with E-state index in [1.807, 2.05) is 62.4 Å². The zero-order chi connectivity index (χ0) is 80.0. The number of rotatable bonds is 12. The number of hydrogen-bond acceptors (Lipinski definition) is 11. The molecular weight excluding hydrogens is 2040 g/mol. The van der Waals surface area contributed by atoms with Crippen LogP contribution < -0.4 is 51.9 Å². The third-order valence-corrected chi connectivity index (χ3v) is 29.9. The van der Waals surface area contributed by atoms with E-state index < -0.39 is 142 Å². The number of aryl methyl sites for hydroxylation is 4. The summed E-state index contributed by atoms with van der Waals surface area (Å²) in [6.07, 6.45) is 2.93. The van der Waals surface area contributed by atoms with Crippen molar-refractivity contribution in [3.05, 3.63) is 204 Å². The molecule has 2 saturated heterocycles. The Kier molecular flexibility index (Phi) is 26.6. The van der Waals surface area contributed by atoms with Crippen LogP contribution in [0.5, 0.6) is 28.7 Å². The van der Waals surface area contributed by atoms with E-state index >= 15 is 0 Å². The molecule has 2 spiro atoms. The number of carbonyl (C=O) groups is 2. The Balaban J connectivity index is 0.000000143. The highest BCUT2D eigenvalue weighted by Gasteiger charge is 2.72. The number of halogens is 19. The molecule has 8 aliphatic carbocycles. The molecule has 10 aliphatic rings. The maximum Gasteiger partial charge on any atom is 0.377 e. The number of phenols is 1. The number of hydrogen-bond donors (Lipinski definition) is 1. The quantitative estimate of drug-likeness (QED) is 0.0713. The van der Waals surface area contributed by atoms with Crippen LogP contribution in [0.2, 0.25) is 0 Å². The van der Waals surface area contributed by atoms with E-state index in [0.717, 1.165) is 44.8 Å². The first-order valence-electron chi connectivity index (χ1n) is 35.0. The fourth-order valence-corrected chi connectivity index (χ4v) is 22.1. The summed E-state index contributed by atoms with van der Waals surface area (Å²) in [7, 11) is 0. The molecule has 17 rings (SSSR count). The number of benzene rings is 7. The van der Waals surface area contributed by atoms with Gasteiger partial charge >= 0.3 is 89.9 Å². The Morgan fingerprint density at radius 3 is 0.955 bits per heavy atom. The molecule has 8 bridgehead atoms. The molecular formula is C80H77F14I5O11+2. The number of aromatic hydroxyl groups is 1. The molecule has 1 N–H and O–H groups in total. The van der Waals surface area contributed by atoms with Gasteiger partial charge in [0.15, 0.2) is 18.7 Å². The normalized spacial score (nSPS) is 25.6. The lowest BCUT2D eigenvalue weighted by atomic mass is 9.51. The van der Waals surface area contributed by atoms with Gasteiger partial charge in [0, 0.05) is 94.7 Å². The SMILES string of the molecule is CC(F)(F)C(=O)OC12CC3CC(C1)C1(OCC(F)(F)C(F)(F)CO1)C(C3)C2.CC(F)(F)C(=O)OC12CC3CC(C1)C1(OCC(F)(F)C(F)(F)CO1)C(C3)C2.Cc1ccc(F)cc1[I+]c1cc(F)ccc1C.Cc1ccc(Oc2ccc(I)cc2)cc1[I+]c1cc(Oc2ccc(I)cc2)ccc1C.Oc1ccc(I)cc1. The van der Waals surface area contributed by atoms with Crippen LogP contribution in [-0.4, -0.2) is 102 Å². The number of ether oxygens (including phenoxy) is 8. The monoisotopic (exact) mass is 2110 g/mol. The van der Waals surface area contributed by atoms with Crippen molar-refractivity contribution in [2.24, 2.45) is 35.5 Å². The molecule has 11 nitrogen and oxygen atoms in total. The minimum atomic E-state index is -4.36. The Hall–Kier alpha value is -4.61. The summed E-state index contributed by atoms with van der Waals surface area (Å²) in [5.74, 6) is -30.2. The fourth-order valence-electron chi connectivity index (χ4n) is 15.5. The third-order valence-electron chi connectivity index (χ3n) is 20.8. The van der Waals surface area contributed by atoms with Gasteiger partial charge in [0.05, 0.1) is 0 Å².